The summed E-state index contributed by atoms with van der Waals surface area (Å²) in [6, 6.07) is 30.7. The van der Waals surface area contributed by atoms with Crippen molar-refractivity contribution >= 4 is 44.7 Å². The molecule has 2 heterocycles. The third-order valence-electron chi connectivity index (χ3n) is 10.9. The molecule has 6 aromatic carbocycles. The number of rotatable bonds is 4. The Hall–Kier alpha value is -7.86. The minimum atomic E-state index is -0.434. The van der Waals surface area contributed by atoms with Crippen molar-refractivity contribution in [3.63, 3.8) is 0 Å². The van der Waals surface area contributed by atoms with Gasteiger partial charge in [-0.15, -0.1) is 0 Å². The molecule has 4 N–H and O–H groups in total. The molecule has 0 atom stereocenters. The van der Waals surface area contributed by atoms with Crippen LogP contribution in [0.25, 0.3) is 21.9 Å². The smallest absolute Gasteiger partial charge is 0.336 e. The molecule has 9 rings (SSSR count). The number of phenols is 4. The summed E-state index contributed by atoms with van der Waals surface area (Å²) in [6.45, 7) is 3.64. The second kappa shape index (κ2) is 15.1. The molecule has 1 aliphatic carbocycles. The highest BCUT2D eigenvalue weighted by Crippen LogP contribution is 2.40. The lowest BCUT2D eigenvalue weighted by Crippen LogP contribution is -2.00. The molecule has 0 spiro atoms. The van der Waals surface area contributed by atoms with Gasteiger partial charge in [-0.25, -0.2) is 9.59 Å². The second-order valence-electron chi connectivity index (χ2n) is 15.0. The number of fused-ring (bicyclic) bond motifs is 10. The van der Waals surface area contributed by atoms with E-state index < -0.39 is 11.3 Å². The molecule has 12 heteroatoms. The minimum absolute atomic E-state index is 0.00370. The Labute approximate surface area is 341 Å². The second-order valence-corrected chi connectivity index (χ2v) is 15.0. The molecule has 1 aliphatic rings. The Morgan fingerprint density at radius 3 is 1.07 bits per heavy atom. The number of aryl methyl sites for hydroxylation is 2. The van der Waals surface area contributed by atoms with Gasteiger partial charge in [-0.05, 0) is 108 Å². The van der Waals surface area contributed by atoms with E-state index in [-0.39, 0.29) is 48.7 Å². The topological polar surface area (TPSA) is 191 Å². The van der Waals surface area contributed by atoms with Crippen LogP contribution in [0.3, 0.4) is 0 Å². The van der Waals surface area contributed by atoms with Crippen molar-refractivity contribution in [3.8, 4) is 23.0 Å². The number of azo groups is 2. The Bertz CT molecular complexity index is 2930. The van der Waals surface area contributed by atoms with Crippen molar-refractivity contribution in [1.82, 2.24) is 0 Å². The molecule has 60 heavy (non-hydrogen) atoms. The van der Waals surface area contributed by atoms with Crippen molar-refractivity contribution in [2.45, 2.75) is 39.5 Å². The van der Waals surface area contributed by atoms with Crippen LogP contribution >= 0.6 is 0 Å². The first kappa shape index (κ1) is 37.7. The third-order valence-corrected chi connectivity index (χ3v) is 10.9. The number of hydrogen-bond donors (Lipinski definition) is 4. The van der Waals surface area contributed by atoms with Gasteiger partial charge in [0, 0.05) is 70.8 Å². The largest absolute Gasteiger partial charge is 0.507 e. The normalized spacial score (nSPS) is 12.8. The van der Waals surface area contributed by atoms with Gasteiger partial charge < -0.3 is 29.3 Å². The van der Waals surface area contributed by atoms with E-state index in [1.54, 1.807) is 84.9 Å². The monoisotopic (exact) mass is 796 g/mol. The maximum absolute atomic E-state index is 11.9. The molecule has 2 aromatic heterocycles. The summed E-state index contributed by atoms with van der Waals surface area (Å²) in [7, 11) is 0. The lowest BCUT2D eigenvalue weighted by molar-refractivity contribution is 0.450. The van der Waals surface area contributed by atoms with Gasteiger partial charge in [0.2, 0.25) is 0 Å². The minimum Gasteiger partial charge on any atom is -0.507 e. The van der Waals surface area contributed by atoms with Gasteiger partial charge in [0.25, 0.3) is 0 Å². The fourth-order valence-electron chi connectivity index (χ4n) is 7.79. The Morgan fingerprint density at radius 1 is 0.400 bits per heavy atom. The van der Waals surface area contributed by atoms with Crippen LogP contribution in [0, 0.1) is 13.8 Å². The van der Waals surface area contributed by atoms with Crippen LogP contribution in [0.15, 0.2) is 148 Å². The summed E-state index contributed by atoms with van der Waals surface area (Å²) in [6.07, 6.45) is 0.509. The average molecular weight is 797 g/mol. The summed E-state index contributed by atoms with van der Waals surface area (Å²) in [5, 5.41) is 66.3. The first-order valence-corrected chi connectivity index (χ1v) is 19.2. The summed E-state index contributed by atoms with van der Waals surface area (Å²) in [5.41, 5.74) is 7.47. The molecule has 0 amide bonds. The van der Waals surface area contributed by atoms with Gasteiger partial charge in [-0.2, -0.15) is 20.5 Å². The van der Waals surface area contributed by atoms with Gasteiger partial charge in [0.05, 0.1) is 22.7 Å². The number of aromatic hydroxyl groups is 4. The fraction of sp³-hybridized carbons (Fsp3) is 0.125. The number of hydrogen-bond acceptors (Lipinski definition) is 12. The summed E-state index contributed by atoms with van der Waals surface area (Å²) >= 11 is 0. The van der Waals surface area contributed by atoms with Crippen molar-refractivity contribution in [2.24, 2.45) is 20.5 Å². The molecule has 12 nitrogen and oxygen atoms in total. The van der Waals surface area contributed by atoms with E-state index in [4.69, 9.17) is 8.83 Å². The first-order valence-electron chi connectivity index (χ1n) is 19.2. The zero-order valence-corrected chi connectivity index (χ0v) is 32.4. The van der Waals surface area contributed by atoms with Crippen molar-refractivity contribution in [1.29, 1.82) is 0 Å². The van der Waals surface area contributed by atoms with E-state index in [0.29, 0.717) is 78.4 Å². The molecular weight excluding hydrogens is 761 g/mol. The molecule has 0 fully saturated rings. The predicted molar refractivity (Wildman–Crippen MR) is 226 cm³/mol. The number of para-hydroxylation sites is 2. The van der Waals surface area contributed by atoms with E-state index in [1.165, 1.54) is 12.1 Å². The lowest BCUT2D eigenvalue weighted by atomic mass is 9.91. The van der Waals surface area contributed by atoms with E-state index in [2.05, 4.69) is 20.5 Å². The maximum Gasteiger partial charge on any atom is 0.336 e. The molecular formula is C48H36N4O8. The number of nitrogens with zero attached hydrogens (tertiary/aromatic N) is 4. The van der Waals surface area contributed by atoms with E-state index in [1.807, 2.05) is 26.0 Å². The Kier molecular flexibility index (Phi) is 9.52. The van der Waals surface area contributed by atoms with Crippen LogP contribution in [0.5, 0.6) is 23.0 Å². The van der Waals surface area contributed by atoms with Gasteiger partial charge in [0.1, 0.15) is 34.2 Å². The van der Waals surface area contributed by atoms with Crippen molar-refractivity contribution in [2.75, 3.05) is 0 Å². The van der Waals surface area contributed by atoms with Crippen molar-refractivity contribution in [3.05, 3.63) is 186 Å². The number of benzene rings is 6. The molecule has 296 valence electrons. The molecule has 0 unspecified atom stereocenters. The van der Waals surface area contributed by atoms with Crippen molar-refractivity contribution < 1.29 is 29.3 Å². The summed E-state index contributed by atoms with van der Waals surface area (Å²) in [4.78, 5) is 23.7. The number of phenolic OH excluding ortho intramolecular Hbond substituents is 4. The van der Waals surface area contributed by atoms with Gasteiger partial charge >= 0.3 is 11.3 Å². The maximum atomic E-state index is 11.9. The molecule has 0 saturated heterocycles. The highest BCUT2D eigenvalue weighted by Gasteiger charge is 2.20. The zero-order valence-electron chi connectivity index (χ0n) is 32.4. The average Bonchev–Trinajstić information content (AvgIpc) is 3.22. The molecule has 0 aliphatic heterocycles. The van der Waals surface area contributed by atoms with Crippen LogP contribution in [0.4, 0.5) is 22.7 Å². The SMILES string of the molecule is Cc1cc(=O)oc2ccc(N=Nc3cc4c(O)c(c3)Cc3cccc(c3O)Cc3cc(N=Nc5ccc6oc(=O)cc(C)c6c5)cc(c3O)Cc3cccc(c3O)C4)cc12. The summed E-state index contributed by atoms with van der Waals surface area (Å²) < 4.78 is 10.6. The van der Waals surface area contributed by atoms with Crippen LogP contribution in [0.2, 0.25) is 0 Å². The van der Waals surface area contributed by atoms with Crippen LogP contribution in [0.1, 0.15) is 55.6 Å². The third kappa shape index (κ3) is 7.37. The van der Waals surface area contributed by atoms with E-state index >= 15 is 0 Å². The van der Waals surface area contributed by atoms with Crippen LogP contribution < -0.4 is 11.3 Å². The molecule has 8 aromatic rings. The predicted octanol–water partition coefficient (Wildman–Crippen LogP) is 10.8. The van der Waals surface area contributed by atoms with Crippen LogP contribution in [-0.2, 0) is 25.7 Å². The molecule has 0 saturated carbocycles. The van der Waals surface area contributed by atoms with E-state index in [9.17, 15) is 30.0 Å². The summed E-state index contributed by atoms with van der Waals surface area (Å²) in [5.74, 6) is 0.00146. The first-order chi connectivity index (χ1) is 28.9. The molecule has 8 bridgehead atoms. The van der Waals surface area contributed by atoms with Gasteiger partial charge in [-0.3, -0.25) is 0 Å². The van der Waals surface area contributed by atoms with Gasteiger partial charge in [0.15, 0.2) is 0 Å². The Balaban J connectivity index is 1.12. The zero-order chi connectivity index (χ0) is 41.7. The molecule has 0 radical (unpaired) electrons. The standard InChI is InChI=1S/C48H36N4O8/c1-25-13-43(53)59-41-11-9-35(23-39(25)41)49-51-37-19-31-15-27-5-3-7-29(45(27)55)17-33-21-38(52-50-36-10-12-42-40(24-36)26(2)14-44(54)60-42)22-34(48(33)58)18-30-8-4-6-28(46(30)56)16-32(20-37)47(31)57/h3-14,19-24,55-58H,15-18H2,1-2H3. The highest BCUT2D eigenvalue weighted by atomic mass is 16.4. The fourth-order valence-corrected chi connectivity index (χ4v) is 7.79. The quantitative estimate of drug-likeness (QED) is 0.0998. The van der Waals surface area contributed by atoms with Crippen LogP contribution in [-0.4, -0.2) is 20.4 Å². The Morgan fingerprint density at radius 2 is 0.717 bits per heavy atom. The van der Waals surface area contributed by atoms with Gasteiger partial charge in [-0.1, -0.05) is 36.4 Å². The highest BCUT2D eigenvalue weighted by molar-refractivity contribution is 5.84. The lowest BCUT2D eigenvalue weighted by Gasteiger charge is -2.17. The van der Waals surface area contributed by atoms with E-state index in [0.717, 1.165) is 21.9 Å².